The Bertz CT molecular complexity index is 1160. The highest BCUT2D eigenvalue weighted by Gasteiger charge is 2.26. The summed E-state index contributed by atoms with van der Waals surface area (Å²) in [5.41, 5.74) is 2.25. The van der Waals surface area contributed by atoms with E-state index in [1.54, 1.807) is 6.07 Å². The number of nitrogens with zero attached hydrogens (tertiary/aromatic N) is 5. The topological polar surface area (TPSA) is 102 Å². The first-order chi connectivity index (χ1) is 16.5. The van der Waals surface area contributed by atoms with Crippen molar-refractivity contribution in [2.75, 3.05) is 31.1 Å². The number of anilines is 1. The van der Waals surface area contributed by atoms with Gasteiger partial charge < -0.3 is 15.0 Å². The lowest BCUT2D eigenvalue weighted by Crippen LogP contribution is -2.44. The highest BCUT2D eigenvalue weighted by Crippen LogP contribution is 2.22. The summed E-state index contributed by atoms with van der Waals surface area (Å²) in [6.45, 7) is 6.54. The molecule has 34 heavy (non-hydrogen) atoms. The quantitative estimate of drug-likeness (QED) is 0.549. The van der Waals surface area contributed by atoms with E-state index in [2.05, 4.69) is 25.5 Å². The van der Waals surface area contributed by atoms with Crippen molar-refractivity contribution in [1.29, 1.82) is 0 Å². The van der Waals surface area contributed by atoms with Crippen molar-refractivity contribution in [3.8, 4) is 17.0 Å². The fourth-order valence-electron chi connectivity index (χ4n) is 4.04. The van der Waals surface area contributed by atoms with Crippen LogP contribution in [0.2, 0.25) is 0 Å². The fraction of sp³-hybridized carbons (Fsp3) is 0.400. The van der Waals surface area contributed by atoms with Gasteiger partial charge in [0, 0.05) is 31.3 Å². The first kappa shape index (κ1) is 23.4. The smallest absolute Gasteiger partial charge is 0.266 e. The molecule has 1 aromatic carbocycles. The molecule has 1 saturated heterocycles. The SMILES string of the molecule is CCOc1ccc(-c2ccc(=O)n(CCNC(=O)C3CCCN(c4ccc(C)nn4)C3)n2)cc1. The zero-order valence-electron chi connectivity index (χ0n) is 19.6. The number of rotatable bonds is 8. The molecule has 1 fully saturated rings. The van der Waals surface area contributed by atoms with Crippen molar-refractivity contribution in [3.05, 3.63) is 64.6 Å². The van der Waals surface area contributed by atoms with E-state index >= 15 is 0 Å². The molecular weight excluding hydrogens is 432 g/mol. The van der Waals surface area contributed by atoms with Gasteiger partial charge in [0.2, 0.25) is 5.91 Å². The summed E-state index contributed by atoms with van der Waals surface area (Å²) in [7, 11) is 0. The number of piperidine rings is 1. The van der Waals surface area contributed by atoms with Gasteiger partial charge in [0.15, 0.2) is 5.82 Å². The van der Waals surface area contributed by atoms with Gasteiger partial charge in [0.05, 0.1) is 30.5 Å². The van der Waals surface area contributed by atoms with E-state index in [1.807, 2.05) is 50.2 Å². The normalized spacial score (nSPS) is 15.7. The fourth-order valence-corrected chi connectivity index (χ4v) is 4.04. The predicted molar refractivity (Wildman–Crippen MR) is 130 cm³/mol. The molecule has 178 valence electrons. The molecule has 3 aromatic rings. The lowest BCUT2D eigenvalue weighted by Gasteiger charge is -2.32. The maximum atomic E-state index is 12.8. The minimum absolute atomic E-state index is 0.0134. The number of amides is 1. The van der Waals surface area contributed by atoms with E-state index in [4.69, 9.17) is 4.74 Å². The van der Waals surface area contributed by atoms with Crippen LogP contribution in [0.4, 0.5) is 5.82 Å². The molecule has 2 aromatic heterocycles. The second-order valence-corrected chi connectivity index (χ2v) is 8.35. The van der Waals surface area contributed by atoms with E-state index in [1.165, 1.54) is 10.7 Å². The van der Waals surface area contributed by atoms with Crippen LogP contribution in [0.3, 0.4) is 0 Å². The van der Waals surface area contributed by atoms with E-state index in [-0.39, 0.29) is 17.4 Å². The van der Waals surface area contributed by atoms with Crippen LogP contribution in [0, 0.1) is 12.8 Å². The second-order valence-electron chi connectivity index (χ2n) is 8.35. The summed E-state index contributed by atoms with van der Waals surface area (Å²) in [5, 5.41) is 15.8. The molecule has 1 amide bonds. The van der Waals surface area contributed by atoms with Gasteiger partial charge in [-0.3, -0.25) is 9.59 Å². The lowest BCUT2D eigenvalue weighted by atomic mass is 9.97. The molecule has 0 radical (unpaired) electrons. The molecular formula is C25H30N6O3. The molecule has 9 heteroatoms. The number of hydrogen-bond donors (Lipinski definition) is 1. The van der Waals surface area contributed by atoms with Crippen molar-refractivity contribution in [3.63, 3.8) is 0 Å². The second kappa shape index (κ2) is 10.9. The molecule has 1 aliphatic heterocycles. The van der Waals surface area contributed by atoms with Gasteiger partial charge in [-0.05, 0) is 69.2 Å². The highest BCUT2D eigenvalue weighted by atomic mass is 16.5. The van der Waals surface area contributed by atoms with Crippen molar-refractivity contribution in [2.24, 2.45) is 5.92 Å². The monoisotopic (exact) mass is 462 g/mol. The van der Waals surface area contributed by atoms with Crippen molar-refractivity contribution >= 4 is 11.7 Å². The van der Waals surface area contributed by atoms with Gasteiger partial charge in [0.25, 0.3) is 5.56 Å². The number of hydrogen-bond acceptors (Lipinski definition) is 7. The maximum absolute atomic E-state index is 12.8. The number of ether oxygens (including phenoxy) is 1. The van der Waals surface area contributed by atoms with Gasteiger partial charge in [-0.1, -0.05) is 0 Å². The maximum Gasteiger partial charge on any atom is 0.266 e. The molecule has 9 nitrogen and oxygen atoms in total. The molecule has 1 aliphatic rings. The largest absolute Gasteiger partial charge is 0.494 e. The molecule has 0 saturated carbocycles. The van der Waals surface area contributed by atoms with E-state index in [9.17, 15) is 9.59 Å². The van der Waals surface area contributed by atoms with Gasteiger partial charge in [-0.2, -0.15) is 10.2 Å². The average Bonchev–Trinajstić information content (AvgIpc) is 2.86. The van der Waals surface area contributed by atoms with Crippen LogP contribution in [-0.2, 0) is 11.3 Å². The van der Waals surface area contributed by atoms with E-state index < -0.39 is 0 Å². The molecule has 0 spiro atoms. The number of nitrogens with one attached hydrogen (secondary N) is 1. The molecule has 1 unspecified atom stereocenters. The van der Waals surface area contributed by atoms with Crippen molar-refractivity contribution in [2.45, 2.75) is 33.2 Å². The summed E-state index contributed by atoms with van der Waals surface area (Å²) < 4.78 is 6.87. The van der Waals surface area contributed by atoms with E-state index in [0.717, 1.165) is 42.2 Å². The molecule has 1 N–H and O–H groups in total. The summed E-state index contributed by atoms with van der Waals surface area (Å²) in [4.78, 5) is 27.2. The van der Waals surface area contributed by atoms with Crippen molar-refractivity contribution in [1.82, 2.24) is 25.3 Å². The van der Waals surface area contributed by atoms with E-state index in [0.29, 0.717) is 31.9 Å². The number of aryl methyl sites for hydroxylation is 1. The minimum Gasteiger partial charge on any atom is -0.494 e. The van der Waals surface area contributed by atoms with Crippen LogP contribution in [-0.4, -0.2) is 52.1 Å². The number of carbonyl (C=O) groups excluding carboxylic acids is 1. The van der Waals surface area contributed by atoms with Gasteiger partial charge in [-0.15, -0.1) is 5.10 Å². The summed E-state index contributed by atoms with van der Waals surface area (Å²) in [6.07, 6.45) is 1.74. The number of aromatic nitrogens is 4. The Kier molecular flexibility index (Phi) is 7.51. The lowest BCUT2D eigenvalue weighted by molar-refractivity contribution is -0.125. The third kappa shape index (κ3) is 5.78. The summed E-state index contributed by atoms with van der Waals surface area (Å²) in [6, 6.07) is 14.7. The third-order valence-electron chi connectivity index (χ3n) is 5.85. The molecule has 1 atom stereocenters. The predicted octanol–water partition coefficient (Wildman–Crippen LogP) is 2.44. The molecule has 0 aliphatic carbocycles. The third-order valence-corrected chi connectivity index (χ3v) is 5.85. The highest BCUT2D eigenvalue weighted by molar-refractivity contribution is 5.79. The Morgan fingerprint density at radius 3 is 2.68 bits per heavy atom. The Labute approximate surface area is 198 Å². The Morgan fingerprint density at radius 1 is 1.12 bits per heavy atom. The van der Waals surface area contributed by atoms with Crippen molar-refractivity contribution < 1.29 is 9.53 Å². The van der Waals surface area contributed by atoms with Gasteiger partial charge in [0.1, 0.15) is 5.75 Å². The summed E-state index contributed by atoms with van der Waals surface area (Å²) in [5.74, 6) is 1.44. The molecule has 3 heterocycles. The Morgan fingerprint density at radius 2 is 1.94 bits per heavy atom. The summed E-state index contributed by atoms with van der Waals surface area (Å²) >= 11 is 0. The van der Waals surface area contributed by atoms with Crippen LogP contribution in [0.15, 0.2) is 53.3 Å². The van der Waals surface area contributed by atoms with Crippen LogP contribution in [0.5, 0.6) is 5.75 Å². The molecule has 0 bridgehead atoms. The van der Waals surface area contributed by atoms with Gasteiger partial charge in [-0.25, -0.2) is 4.68 Å². The van der Waals surface area contributed by atoms with Crippen LogP contribution in [0.1, 0.15) is 25.5 Å². The number of carbonyl (C=O) groups is 1. The zero-order valence-corrected chi connectivity index (χ0v) is 19.6. The first-order valence-electron chi connectivity index (χ1n) is 11.7. The zero-order chi connectivity index (χ0) is 23.9. The minimum atomic E-state index is -0.203. The Balaban J connectivity index is 1.33. The average molecular weight is 463 g/mol. The standard InChI is InChI=1S/C25H30N6O3/c1-3-34-21-9-7-19(8-10-21)22-11-13-24(32)31(29-22)16-14-26-25(33)20-5-4-15-30(17-20)23-12-6-18(2)27-28-23/h6-13,20H,3-5,14-17H2,1-2H3,(H,26,33). The van der Waals surface area contributed by atoms with Crippen LogP contribution in [0.25, 0.3) is 11.3 Å². The first-order valence-corrected chi connectivity index (χ1v) is 11.7. The Hall–Kier alpha value is -3.75. The van der Waals surface area contributed by atoms with Gasteiger partial charge >= 0.3 is 0 Å². The van der Waals surface area contributed by atoms with Crippen LogP contribution < -0.4 is 20.5 Å². The number of benzene rings is 1. The van der Waals surface area contributed by atoms with Crippen LogP contribution >= 0.6 is 0 Å². The molecule has 4 rings (SSSR count).